The first-order valence-corrected chi connectivity index (χ1v) is 11.8. The van der Waals surface area contributed by atoms with E-state index >= 15 is 0 Å². The molecule has 10 nitrogen and oxygen atoms in total. The van der Waals surface area contributed by atoms with Gasteiger partial charge in [-0.2, -0.15) is 13.2 Å². The van der Waals surface area contributed by atoms with Crippen LogP contribution in [-0.2, 0) is 4.79 Å². The zero-order chi connectivity index (χ0) is 27.4. The van der Waals surface area contributed by atoms with Gasteiger partial charge in [0.1, 0.15) is 6.33 Å². The summed E-state index contributed by atoms with van der Waals surface area (Å²) in [6.45, 7) is 5.85. The van der Waals surface area contributed by atoms with Crippen LogP contribution in [0.1, 0.15) is 42.5 Å². The number of rotatable bonds is 5. The van der Waals surface area contributed by atoms with Gasteiger partial charge in [0.25, 0.3) is 5.91 Å². The van der Waals surface area contributed by atoms with Crippen molar-refractivity contribution in [3.63, 3.8) is 0 Å². The van der Waals surface area contributed by atoms with Crippen LogP contribution in [0.5, 0.6) is 0 Å². The third kappa shape index (κ3) is 6.10. The van der Waals surface area contributed by atoms with Gasteiger partial charge >= 0.3 is 12.1 Å². The van der Waals surface area contributed by atoms with Crippen molar-refractivity contribution in [1.29, 1.82) is 0 Å². The average molecular weight is 530 g/mol. The molecule has 0 unspecified atom stereocenters. The Hall–Kier alpha value is -4.42. The molecule has 1 amide bonds. The molecule has 3 aromatic heterocycles. The van der Waals surface area contributed by atoms with Gasteiger partial charge in [-0.15, -0.1) is 5.10 Å². The van der Waals surface area contributed by atoms with E-state index in [1.54, 1.807) is 11.0 Å². The predicted octanol–water partition coefficient (Wildman–Crippen LogP) is 3.68. The highest BCUT2D eigenvalue weighted by Crippen LogP contribution is 2.26. The molecule has 1 atom stereocenters. The summed E-state index contributed by atoms with van der Waals surface area (Å²) in [5.41, 5.74) is 3.01. The summed E-state index contributed by atoms with van der Waals surface area (Å²) < 4.78 is 35.5. The van der Waals surface area contributed by atoms with Gasteiger partial charge in [0.15, 0.2) is 5.82 Å². The number of aromatic nitrogens is 5. The number of anilines is 1. The van der Waals surface area contributed by atoms with Crippen LogP contribution in [0.15, 0.2) is 61.2 Å². The van der Waals surface area contributed by atoms with Crippen molar-refractivity contribution in [2.24, 2.45) is 0 Å². The molecule has 1 fully saturated rings. The Balaban J connectivity index is 0.000000426. The maximum Gasteiger partial charge on any atom is 0.490 e. The van der Waals surface area contributed by atoms with Crippen molar-refractivity contribution in [2.45, 2.75) is 38.4 Å². The van der Waals surface area contributed by atoms with Crippen LogP contribution in [-0.4, -0.2) is 66.4 Å². The van der Waals surface area contributed by atoms with E-state index in [0.29, 0.717) is 12.5 Å². The first-order chi connectivity index (χ1) is 18.0. The highest BCUT2D eigenvalue weighted by Gasteiger charge is 2.38. The Morgan fingerprint density at radius 3 is 2.50 bits per heavy atom. The summed E-state index contributed by atoms with van der Waals surface area (Å²) in [6.07, 6.45) is 1.48. The number of carboxylic acids is 1. The number of aliphatic carboxylic acids is 1. The van der Waals surface area contributed by atoms with E-state index in [2.05, 4.69) is 57.0 Å². The molecule has 0 saturated carbocycles. The molecule has 4 heterocycles. The molecule has 13 heteroatoms. The number of carbonyl (C=O) groups is 2. The van der Waals surface area contributed by atoms with Gasteiger partial charge in [0, 0.05) is 31.5 Å². The lowest BCUT2D eigenvalue weighted by Crippen LogP contribution is -2.37. The summed E-state index contributed by atoms with van der Waals surface area (Å²) in [5, 5.41) is 14.5. The van der Waals surface area contributed by atoms with Crippen molar-refractivity contribution < 1.29 is 27.9 Å². The highest BCUT2D eigenvalue weighted by molar-refractivity contribution is 5.90. The zero-order valence-corrected chi connectivity index (χ0v) is 20.6. The van der Waals surface area contributed by atoms with Crippen molar-refractivity contribution in [3.05, 3.63) is 72.7 Å². The molecule has 1 saturated heterocycles. The minimum absolute atomic E-state index is 0.0238. The molecule has 0 radical (unpaired) electrons. The zero-order valence-electron chi connectivity index (χ0n) is 20.6. The fourth-order valence-electron chi connectivity index (χ4n) is 3.95. The number of hydrogen-bond donors (Lipinski definition) is 2. The van der Waals surface area contributed by atoms with Crippen LogP contribution in [0.4, 0.5) is 19.0 Å². The normalized spacial score (nSPS) is 15.4. The lowest BCUT2D eigenvalue weighted by molar-refractivity contribution is -0.192. The van der Waals surface area contributed by atoms with Gasteiger partial charge in [0.05, 0.1) is 16.9 Å². The van der Waals surface area contributed by atoms with E-state index in [9.17, 15) is 18.0 Å². The molecule has 5 rings (SSSR count). The molecule has 0 bridgehead atoms. The molecule has 0 aliphatic carbocycles. The minimum Gasteiger partial charge on any atom is -0.475 e. The number of nitrogens with zero attached hydrogens (tertiary/aromatic N) is 6. The second-order valence-corrected chi connectivity index (χ2v) is 9.00. The van der Waals surface area contributed by atoms with E-state index in [4.69, 9.17) is 14.9 Å². The number of fused-ring (bicyclic) bond motifs is 1. The Morgan fingerprint density at radius 2 is 1.84 bits per heavy atom. The Morgan fingerprint density at radius 1 is 1.13 bits per heavy atom. The van der Waals surface area contributed by atoms with Crippen LogP contribution in [0.25, 0.3) is 11.2 Å². The molecule has 4 aromatic rings. The largest absolute Gasteiger partial charge is 0.490 e. The fourth-order valence-corrected chi connectivity index (χ4v) is 3.95. The molecule has 1 aliphatic heterocycles. The summed E-state index contributed by atoms with van der Waals surface area (Å²) in [4.78, 5) is 33.0. The van der Waals surface area contributed by atoms with Gasteiger partial charge < -0.3 is 19.7 Å². The number of benzene rings is 1. The Bertz CT molecular complexity index is 1420. The van der Waals surface area contributed by atoms with Crippen molar-refractivity contribution in [1.82, 2.24) is 29.5 Å². The number of para-hydroxylation sites is 1. The van der Waals surface area contributed by atoms with Gasteiger partial charge in [-0.25, -0.2) is 19.4 Å². The number of hydrogen-bond acceptors (Lipinski definition) is 6. The summed E-state index contributed by atoms with van der Waals surface area (Å²) >= 11 is 0. The van der Waals surface area contributed by atoms with E-state index in [0.717, 1.165) is 35.7 Å². The molecule has 1 aromatic carbocycles. The van der Waals surface area contributed by atoms with E-state index in [1.807, 2.05) is 36.4 Å². The molecular formula is C25H26F3N7O3. The van der Waals surface area contributed by atoms with Crippen LogP contribution < -0.4 is 10.2 Å². The maximum absolute atomic E-state index is 12.7. The molecule has 38 heavy (non-hydrogen) atoms. The number of carboxylic acid groups (broad SMARTS) is 1. The quantitative estimate of drug-likeness (QED) is 0.405. The first kappa shape index (κ1) is 26.6. The maximum atomic E-state index is 12.7. The van der Waals surface area contributed by atoms with Gasteiger partial charge in [0.2, 0.25) is 5.82 Å². The van der Waals surface area contributed by atoms with Gasteiger partial charge in [-0.3, -0.25) is 4.79 Å². The molecule has 200 valence electrons. The van der Waals surface area contributed by atoms with E-state index in [-0.39, 0.29) is 17.8 Å². The minimum atomic E-state index is -5.08. The molecule has 2 N–H and O–H groups in total. The van der Waals surface area contributed by atoms with Crippen molar-refractivity contribution >= 4 is 23.2 Å². The first-order valence-electron chi connectivity index (χ1n) is 11.8. The van der Waals surface area contributed by atoms with Crippen molar-refractivity contribution in [3.8, 4) is 5.69 Å². The summed E-state index contributed by atoms with van der Waals surface area (Å²) in [5.74, 6) is -1.52. The number of carbonyl (C=O) groups excluding carboxylic acids is 1. The molecule has 0 spiro atoms. The third-order valence-corrected chi connectivity index (χ3v) is 5.89. The van der Waals surface area contributed by atoms with E-state index < -0.39 is 12.1 Å². The standard InChI is InChI=1S/C23H25N7O.C2HF3O2/c1-16(2)19-14-28-11-6-9-20(28)22(26-19)29-12-10-17(13-29)25-23(31)21-24-15-30(27-21)18-7-4-3-5-8-18;3-2(4,5)1(6)7/h3-9,11,14-17H,10,12-13H2,1-2H3,(H,25,31);(H,6,7)/t17-;/m0./s1. The fraction of sp³-hybridized carbons (Fsp3) is 0.320. The van der Waals surface area contributed by atoms with Gasteiger partial charge in [-0.1, -0.05) is 32.0 Å². The van der Waals surface area contributed by atoms with Crippen molar-refractivity contribution in [2.75, 3.05) is 18.0 Å². The van der Waals surface area contributed by atoms with Crippen LogP contribution in [0.2, 0.25) is 0 Å². The van der Waals surface area contributed by atoms with Crippen LogP contribution >= 0.6 is 0 Å². The van der Waals surface area contributed by atoms with Crippen LogP contribution in [0.3, 0.4) is 0 Å². The number of nitrogens with one attached hydrogen (secondary N) is 1. The van der Waals surface area contributed by atoms with E-state index in [1.165, 1.54) is 0 Å². The molecule has 1 aliphatic rings. The summed E-state index contributed by atoms with van der Waals surface area (Å²) in [6, 6.07) is 13.8. The second kappa shape index (κ2) is 10.9. The Labute approximate surface area is 215 Å². The third-order valence-electron chi connectivity index (χ3n) is 5.89. The number of alkyl halides is 3. The number of amides is 1. The topological polar surface area (TPSA) is 118 Å². The lowest BCUT2D eigenvalue weighted by Gasteiger charge is -2.21. The predicted molar refractivity (Wildman–Crippen MR) is 132 cm³/mol. The Kier molecular flexibility index (Phi) is 7.65. The monoisotopic (exact) mass is 529 g/mol. The highest BCUT2D eigenvalue weighted by atomic mass is 19.4. The molecular weight excluding hydrogens is 503 g/mol. The van der Waals surface area contributed by atoms with Crippen LogP contribution in [0, 0.1) is 0 Å². The number of halogens is 3. The second-order valence-electron chi connectivity index (χ2n) is 9.00. The summed E-state index contributed by atoms with van der Waals surface area (Å²) in [7, 11) is 0. The lowest BCUT2D eigenvalue weighted by atomic mass is 10.1. The smallest absolute Gasteiger partial charge is 0.475 e. The SMILES string of the molecule is CC(C)c1cn2cccc2c(N2CC[C@H](NC(=O)c3ncn(-c4ccccc4)n3)C2)n1.O=C(O)C(F)(F)F. The average Bonchev–Trinajstić information content (AvgIpc) is 3.64. The van der Waals surface area contributed by atoms with Gasteiger partial charge in [-0.05, 0) is 36.6 Å².